The van der Waals surface area contributed by atoms with Crippen LogP contribution in [0, 0.1) is 5.92 Å². The molecule has 0 saturated carbocycles. The quantitative estimate of drug-likeness (QED) is 0.633. The highest BCUT2D eigenvalue weighted by atomic mass is 16.5. The standard InChI is InChI=1S/C15H25N3O/c1-11(2)12(3)18-15(16-4)17-10-13-7-6-8-14(9-13)19-5/h6-9,11-12H,10H2,1-5H3,(H2,16,17,18). The van der Waals surface area contributed by atoms with Gasteiger partial charge in [-0.3, -0.25) is 4.99 Å². The number of benzene rings is 1. The van der Waals surface area contributed by atoms with Gasteiger partial charge in [0.1, 0.15) is 5.75 Å². The lowest BCUT2D eigenvalue weighted by molar-refractivity contribution is 0.414. The highest BCUT2D eigenvalue weighted by molar-refractivity contribution is 5.79. The molecule has 0 aliphatic carbocycles. The second-order valence-corrected chi connectivity index (χ2v) is 4.95. The predicted octanol–water partition coefficient (Wildman–Crippen LogP) is 2.40. The summed E-state index contributed by atoms with van der Waals surface area (Å²) in [5.41, 5.74) is 1.17. The molecule has 106 valence electrons. The highest BCUT2D eigenvalue weighted by Gasteiger charge is 2.08. The van der Waals surface area contributed by atoms with E-state index in [0.717, 1.165) is 18.3 Å². The molecule has 4 nitrogen and oxygen atoms in total. The van der Waals surface area contributed by atoms with Gasteiger partial charge in [0.25, 0.3) is 0 Å². The molecule has 4 heteroatoms. The van der Waals surface area contributed by atoms with Crippen LogP contribution < -0.4 is 15.4 Å². The molecule has 0 spiro atoms. The molecule has 19 heavy (non-hydrogen) atoms. The zero-order valence-electron chi connectivity index (χ0n) is 12.5. The van der Waals surface area contributed by atoms with E-state index in [1.54, 1.807) is 14.2 Å². The lowest BCUT2D eigenvalue weighted by Crippen LogP contribution is -2.43. The highest BCUT2D eigenvalue weighted by Crippen LogP contribution is 2.12. The van der Waals surface area contributed by atoms with Crippen LogP contribution in [0.4, 0.5) is 0 Å². The van der Waals surface area contributed by atoms with Gasteiger partial charge in [0.05, 0.1) is 7.11 Å². The van der Waals surface area contributed by atoms with Gasteiger partial charge in [-0.1, -0.05) is 26.0 Å². The Morgan fingerprint density at radius 3 is 2.63 bits per heavy atom. The summed E-state index contributed by atoms with van der Waals surface area (Å²) in [4.78, 5) is 4.23. The minimum atomic E-state index is 0.386. The average molecular weight is 263 g/mol. The summed E-state index contributed by atoms with van der Waals surface area (Å²) in [7, 11) is 3.46. The fraction of sp³-hybridized carbons (Fsp3) is 0.533. The maximum Gasteiger partial charge on any atom is 0.191 e. The van der Waals surface area contributed by atoms with Crippen molar-refractivity contribution in [2.75, 3.05) is 14.2 Å². The van der Waals surface area contributed by atoms with Crippen LogP contribution in [0.2, 0.25) is 0 Å². The van der Waals surface area contributed by atoms with Crippen molar-refractivity contribution in [2.45, 2.75) is 33.4 Å². The molecule has 0 saturated heterocycles. The summed E-state index contributed by atoms with van der Waals surface area (Å²) in [6.45, 7) is 7.25. The summed E-state index contributed by atoms with van der Waals surface area (Å²) in [5.74, 6) is 2.26. The number of aliphatic imine (C=N–C) groups is 1. The zero-order chi connectivity index (χ0) is 14.3. The molecule has 1 rings (SSSR count). The second-order valence-electron chi connectivity index (χ2n) is 4.95. The van der Waals surface area contributed by atoms with Gasteiger partial charge in [0.15, 0.2) is 5.96 Å². The van der Waals surface area contributed by atoms with Crippen LogP contribution in [-0.4, -0.2) is 26.2 Å². The SMILES string of the molecule is CN=C(NCc1cccc(OC)c1)NC(C)C(C)C. The molecule has 0 bridgehead atoms. The number of hydrogen-bond acceptors (Lipinski definition) is 2. The molecule has 1 atom stereocenters. The first-order valence-electron chi connectivity index (χ1n) is 6.67. The molecule has 1 unspecified atom stereocenters. The Morgan fingerprint density at radius 2 is 2.05 bits per heavy atom. The fourth-order valence-corrected chi connectivity index (χ4v) is 1.55. The van der Waals surface area contributed by atoms with E-state index in [4.69, 9.17) is 4.74 Å². The number of rotatable bonds is 5. The first-order valence-corrected chi connectivity index (χ1v) is 6.67. The smallest absolute Gasteiger partial charge is 0.191 e. The Hall–Kier alpha value is -1.71. The minimum Gasteiger partial charge on any atom is -0.497 e. The van der Waals surface area contributed by atoms with Crippen molar-refractivity contribution in [3.8, 4) is 5.75 Å². The molecule has 0 aromatic heterocycles. The third-order valence-electron chi connectivity index (χ3n) is 3.18. The van der Waals surface area contributed by atoms with Crippen molar-refractivity contribution in [1.29, 1.82) is 0 Å². The minimum absolute atomic E-state index is 0.386. The average Bonchev–Trinajstić information content (AvgIpc) is 2.43. The van der Waals surface area contributed by atoms with Gasteiger partial charge in [-0.2, -0.15) is 0 Å². The van der Waals surface area contributed by atoms with Gasteiger partial charge in [0.2, 0.25) is 0 Å². The molecule has 0 amide bonds. The van der Waals surface area contributed by atoms with Crippen LogP contribution in [0.5, 0.6) is 5.75 Å². The maximum atomic E-state index is 5.21. The van der Waals surface area contributed by atoms with Gasteiger partial charge in [0, 0.05) is 19.6 Å². The number of nitrogens with one attached hydrogen (secondary N) is 2. The van der Waals surface area contributed by atoms with Crippen LogP contribution >= 0.6 is 0 Å². The van der Waals surface area contributed by atoms with E-state index in [1.807, 2.05) is 18.2 Å². The summed E-state index contributed by atoms with van der Waals surface area (Å²) in [5, 5.41) is 6.68. The Bertz CT molecular complexity index is 416. The lowest BCUT2D eigenvalue weighted by Gasteiger charge is -2.20. The van der Waals surface area contributed by atoms with E-state index in [-0.39, 0.29) is 0 Å². The molecule has 1 aromatic carbocycles. The summed E-state index contributed by atoms with van der Waals surface area (Å²) in [6.07, 6.45) is 0. The van der Waals surface area contributed by atoms with Gasteiger partial charge in [-0.15, -0.1) is 0 Å². The Balaban J connectivity index is 2.53. The van der Waals surface area contributed by atoms with Crippen LogP contribution in [0.3, 0.4) is 0 Å². The number of methoxy groups -OCH3 is 1. The molecule has 1 aromatic rings. The molecule has 2 N–H and O–H groups in total. The lowest BCUT2D eigenvalue weighted by atomic mass is 10.1. The largest absolute Gasteiger partial charge is 0.497 e. The maximum absolute atomic E-state index is 5.21. The number of ether oxygens (including phenoxy) is 1. The first kappa shape index (κ1) is 15.3. The predicted molar refractivity (Wildman–Crippen MR) is 80.6 cm³/mol. The molecule has 0 aliphatic heterocycles. The first-order chi connectivity index (χ1) is 9.06. The normalized spacial score (nSPS) is 13.3. The van der Waals surface area contributed by atoms with Gasteiger partial charge >= 0.3 is 0 Å². The Morgan fingerprint density at radius 1 is 1.32 bits per heavy atom. The van der Waals surface area contributed by atoms with Crippen LogP contribution in [0.15, 0.2) is 29.3 Å². The van der Waals surface area contributed by atoms with Crippen molar-refractivity contribution < 1.29 is 4.74 Å². The monoisotopic (exact) mass is 263 g/mol. The van der Waals surface area contributed by atoms with Crippen molar-refractivity contribution in [3.05, 3.63) is 29.8 Å². The summed E-state index contributed by atoms with van der Waals surface area (Å²) >= 11 is 0. The van der Waals surface area contributed by atoms with Crippen molar-refractivity contribution in [3.63, 3.8) is 0 Å². The third kappa shape index (κ3) is 5.20. The molecule has 0 fully saturated rings. The third-order valence-corrected chi connectivity index (χ3v) is 3.18. The molecule has 0 aliphatic rings. The Kier molecular flexibility index (Phi) is 6.19. The van der Waals surface area contributed by atoms with E-state index >= 15 is 0 Å². The van der Waals surface area contributed by atoms with Crippen molar-refractivity contribution in [2.24, 2.45) is 10.9 Å². The van der Waals surface area contributed by atoms with Gasteiger partial charge < -0.3 is 15.4 Å². The molecule has 0 radical (unpaired) electrons. The van der Waals surface area contributed by atoms with E-state index in [2.05, 4.69) is 42.5 Å². The van der Waals surface area contributed by atoms with Crippen molar-refractivity contribution >= 4 is 5.96 Å². The van der Waals surface area contributed by atoms with Gasteiger partial charge in [-0.05, 0) is 30.5 Å². The van der Waals surface area contributed by atoms with E-state index in [9.17, 15) is 0 Å². The van der Waals surface area contributed by atoms with Gasteiger partial charge in [-0.25, -0.2) is 0 Å². The van der Waals surface area contributed by atoms with E-state index in [0.29, 0.717) is 12.0 Å². The number of guanidine groups is 1. The van der Waals surface area contributed by atoms with Crippen LogP contribution in [-0.2, 0) is 6.54 Å². The molecular formula is C15H25N3O. The van der Waals surface area contributed by atoms with Crippen LogP contribution in [0.1, 0.15) is 26.3 Å². The second kappa shape index (κ2) is 7.67. The summed E-state index contributed by atoms with van der Waals surface area (Å²) in [6, 6.07) is 8.40. The Labute approximate surface area is 116 Å². The van der Waals surface area contributed by atoms with E-state index < -0.39 is 0 Å². The summed E-state index contributed by atoms with van der Waals surface area (Å²) < 4.78 is 5.21. The number of hydrogen-bond donors (Lipinski definition) is 2. The molecule has 0 heterocycles. The number of nitrogens with zero attached hydrogens (tertiary/aromatic N) is 1. The van der Waals surface area contributed by atoms with E-state index in [1.165, 1.54) is 5.56 Å². The zero-order valence-corrected chi connectivity index (χ0v) is 12.5. The fourth-order valence-electron chi connectivity index (χ4n) is 1.55. The van der Waals surface area contributed by atoms with Crippen LogP contribution in [0.25, 0.3) is 0 Å². The topological polar surface area (TPSA) is 45.7 Å². The molecular weight excluding hydrogens is 238 g/mol. The van der Waals surface area contributed by atoms with Crippen molar-refractivity contribution in [1.82, 2.24) is 10.6 Å².